The fraction of sp³-hybridized carbons (Fsp3) is 0.100. The number of sulfone groups is 1. The van der Waals surface area contributed by atoms with Crippen LogP contribution in [0.5, 0.6) is 5.75 Å². The molecule has 0 saturated carbocycles. The monoisotopic (exact) mass is 462 g/mol. The lowest BCUT2D eigenvalue weighted by Gasteiger charge is -2.04. The number of rotatable bonds is 6. The molecule has 4 rings (SSSR count). The van der Waals surface area contributed by atoms with Crippen LogP contribution >= 0.6 is 22.9 Å². The molecule has 1 N–H and O–H groups in total. The van der Waals surface area contributed by atoms with Crippen molar-refractivity contribution in [1.82, 2.24) is 4.98 Å². The molecule has 0 unspecified atom stereocenters. The average molecular weight is 463 g/mol. The van der Waals surface area contributed by atoms with E-state index in [1.54, 1.807) is 42.5 Å². The number of halogens is 1. The average Bonchev–Trinajstić information content (AvgIpc) is 3.31. The molecule has 2 aromatic heterocycles. The number of thiazole rings is 1. The third-order valence-electron chi connectivity index (χ3n) is 4.07. The first-order valence-corrected chi connectivity index (χ1v) is 11.8. The van der Waals surface area contributed by atoms with Crippen molar-refractivity contribution in [3.8, 4) is 5.75 Å². The van der Waals surface area contributed by atoms with Crippen LogP contribution in [0, 0.1) is 0 Å². The lowest BCUT2D eigenvalue weighted by atomic mass is 10.3. The molecule has 1 amide bonds. The molecule has 30 heavy (non-hydrogen) atoms. The number of benzene rings is 2. The van der Waals surface area contributed by atoms with E-state index in [2.05, 4.69) is 10.3 Å². The predicted octanol–water partition coefficient (Wildman–Crippen LogP) is 4.78. The van der Waals surface area contributed by atoms with Gasteiger partial charge in [-0.05, 0) is 48.5 Å². The fourth-order valence-electron chi connectivity index (χ4n) is 2.64. The summed E-state index contributed by atoms with van der Waals surface area (Å²) in [5, 5.41) is 3.57. The molecular weight excluding hydrogens is 448 g/mol. The minimum Gasteiger partial charge on any atom is -0.486 e. The standard InChI is InChI=1S/C20H15ClN2O5S2/c1-30(25,26)15-6-7-16-18(10-15)29-20(22-16)23-19(24)17-8-5-14(28-17)11-27-13-4-2-3-12(21)9-13/h2-10H,11H2,1H3,(H,22,23,24). The molecule has 2 aromatic carbocycles. The van der Waals surface area contributed by atoms with E-state index in [0.717, 1.165) is 6.26 Å². The minimum absolute atomic E-state index is 0.107. The van der Waals surface area contributed by atoms with Gasteiger partial charge in [0.05, 0.1) is 15.1 Å². The summed E-state index contributed by atoms with van der Waals surface area (Å²) in [4.78, 5) is 17.0. The quantitative estimate of drug-likeness (QED) is 0.443. The summed E-state index contributed by atoms with van der Waals surface area (Å²) in [5.41, 5.74) is 0.595. The van der Waals surface area contributed by atoms with Crippen molar-refractivity contribution < 1.29 is 22.4 Å². The fourth-order valence-corrected chi connectivity index (χ4v) is 4.44. The molecule has 4 aromatic rings. The summed E-state index contributed by atoms with van der Waals surface area (Å²) in [6.45, 7) is 0.142. The first-order valence-electron chi connectivity index (χ1n) is 8.67. The Labute approximate surface area is 181 Å². The highest BCUT2D eigenvalue weighted by Crippen LogP contribution is 2.28. The van der Waals surface area contributed by atoms with Gasteiger partial charge in [-0.1, -0.05) is 29.0 Å². The zero-order chi connectivity index (χ0) is 21.3. The van der Waals surface area contributed by atoms with Crippen LogP contribution in [0.2, 0.25) is 5.02 Å². The molecule has 0 aliphatic rings. The Morgan fingerprint density at radius 1 is 1.20 bits per heavy atom. The molecule has 10 heteroatoms. The second-order valence-corrected chi connectivity index (χ2v) is 9.87. The SMILES string of the molecule is CS(=O)(=O)c1ccc2nc(NC(=O)c3ccc(COc4cccc(Cl)c4)o3)sc2c1. The highest BCUT2D eigenvalue weighted by atomic mass is 35.5. The van der Waals surface area contributed by atoms with E-state index in [9.17, 15) is 13.2 Å². The number of ether oxygens (including phenoxy) is 1. The van der Waals surface area contributed by atoms with Gasteiger partial charge in [0, 0.05) is 11.3 Å². The number of aromatic nitrogens is 1. The highest BCUT2D eigenvalue weighted by Gasteiger charge is 2.15. The topological polar surface area (TPSA) is 98.5 Å². The molecule has 0 spiro atoms. The second-order valence-electron chi connectivity index (χ2n) is 6.39. The van der Waals surface area contributed by atoms with Gasteiger partial charge in [-0.2, -0.15) is 0 Å². The number of nitrogens with zero attached hydrogens (tertiary/aromatic N) is 1. The molecule has 0 radical (unpaired) electrons. The summed E-state index contributed by atoms with van der Waals surface area (Å²) in [5.74, 6) is 0.706. The second kappa shape index (κ2) is 8.10. The van der Waals surface area contributed by atoms with Crippen molar-refractivity contribution >= 4 is 54.0 Å². The predicted molar refractivity (Wildman–Crippen MR) is 115 cm³/mol. The van der Waals surface area contributed by atoms with Crippen LogP contribution in [-0.4, -0.2) is 25.6 Å². The zero-order valence-corrected chi connectivity index (χ0v) is 18.0. The molecule has 2 heterocycles. The third-order valence-corrected chi connectivity index (χ3v) is 6.35. The summed E-state index contributed by atoms with van der Waals surface area (Å²) in [6.07, 6.45) is 1.14. The molecule has 0 saturated heterocycles. The van der Waals surface area contributed by atoms with Crippen LogP contribution in [-0.2, 0) is 16.4 Å². The van der Waals surface area contributed by atoms with E-state index in [4.69, 9.17) is 20.8 Å². The third kappa shape index (κ3) is 4.64. The van der Waals surface area contributed by atoms with E-state index < -0.39 is 15.7 Å². The van der Waals surface area contributed by atoms with Crippen LogP contribution in [0.1, 0.15) is 16.3 Å². The van der Waals surface area contributed by atoms with Crippen molar-refractivity contribution in [2.75, 3.05) is 11.6 Å². The number of furan rings is 1. The molecule has 7 nitrogen and oxygen atoms in total. The Morgan fingerprint density at radius 2 is 2.03 bits per heavy atom. The molecule has 0 atom stereocenters. The Bertz CT molecular complexity index is 1340. The number of anilines is 1. The van der Waals surface area contributed by atoms with Crippen LogP contribution in [0.3, 0.4) is 0 Å². The molecule has 0 bridgehead atoms. The van der Waals surface area contributed by atoms with Gasteiger partial charge in [-0.15, -0.1) is 0 Å². The van der Waals surface area contributed by atoms with Gasteiger partial charge in [0.1, 0.15) is 18.1 Å². The van der Waals surface area contributed by atoms with Gasteiger partial charge in [0.15, 0.2) is 20.7 Å². The van der Waals surface area contributed by atoms with Crippen molar-refractivity contribution in [3.05, 3.63) is 71.1 Å². The minimum atomic E-state index is -3.32. The largest absolute Gasteiger partial charge is 0.486 e. The first-order chi connectivity index (χ1) is 14.3. The van der Waals surface area contributed by atoms with Crippen molar-refractivity contribution in [3.63, 3.8) is 0 Å². The van der Waals surface area contributed by atoms with Crippen molar-refractivity contribution in [1.29, 1.82) is 0 Å². The number of nitrogens with one attached hydrogen (secondary N) is 1. The zero-order valence-electron chi connectivity index (χ0n) is 15.6. The van der Waals surface area contributed by atoms with E-state index in [0.29, 0.717) is 31.9 Å². The van der Waals surface area contributed by atoms with Crippen LogP contribution in [0.25, 0.3) is 10.2 Å². The maximum absolute atomic E-state index is 12.5. The van der Waals surface area contributed by atoms with Crippen LogP contribution in [0.15, 0.2) is 63.9 Å². The normalized spacial score (nSPS) is 11.5. The van der Waals surface area contributed by atoms with Crippen molar-refractivity contribution in [2.45, 2.75) is 11.5 Å². The molecular formula is C20H15ClN2O5S2. The Hall–Kier alpha value is -2.88. The first kappa shape index (κ1) is 20.4. The summed E-state index contributed by atoms with van der Waals surface area (Å²) >= 11 is 7.10. The van der Waals surface area contributed by atoms with Gasteiger partial charge in [-0.25, -0.2) is 13.4 Å². The lowest BCUT2D eigenvalue weighted by Crippen LogP contribution is -2.10. The van der Waals surface area contributed by atoms with Gasteiger partial charge in [-0.3, -0.25) is 10.1 Å². The number of carbonyl (C=O) groups is 1. The molecule has 0 fully saturated rings. The number of fused-ring (bicyclic) bond motifs is 1. The summed E-state index contributed by atoms with van der Waals surface area (Å²) in [6, 6.07) is 14.8. The maximum atomic E-state index is 12.5. The van der Waals surface area contributed by atoms with E-state index in [1.807, 2.05) is 0 Å². The van der Waals surface area contributed by atoms with E-state index >= 15 is 0 Å². The molecule has 0 aliphatic heterocycles. The van der Waals surface area contributed by atoms with Gasteiger partial charge >= 0.3 is 0 Å². The van der Waals surface area contributed by atoms with E-state index in [1.165, 1.54) is 23.5 Å². The number of hydrogen-bond acceptors (Lipinski definition) is 7. The Morgan fingerprint density at radius 3 is 2.80 bits per heavy atom. The Balaban J connectivity index is 1.44. The Kier molecular flexibility index (Phi) is 5.50. The summed E-state index contributed by atoms with van der Waals surface area (Å²) in [7, 11) is -3.32. The number of hydrogen-bond donors (Lipinski definition) is 1. The number of carbonyl (C=O) groups excluding carboxylic acids is 1. The number of amides is 1. The smallest absolute Gasteiger partial charge is 0.293 e. The lowest BCUT2D eigenvalue weighted by molar-refractivity contribution is 0.0992. The van der Waals surface area contributed by atoms with Crippen LogP contribution < -0.4 is 10.1 Å². The van der Waals surface area contributed by atoms with Crippen LogP contribution in [0.4, 0.5) is 5.13 Å². The molecule has 154 valence electrons. The van der Waals surface area contributed by atoms with Gasteiger partial charge in [0.25, 0.3) is 5.91 Å². The van der Waals surface area contributed by atoms with Gasteiger partial charge < -0.3 is 9.15 Å². The maximum Gasteiger partial charge on any atom is 0.293 e. The molecule has 0 aliphatic carbocycles. The van der Waals surface area contributed by atoms with Gasteiger partial charge in [0.2, 0.25) is 0 Å². The summed E-state index contributed by atoms with van der Waals surface area (Å²) < 4.78 is 35.2. The highest BCUT2D eigenvalue weighted by molar-refractivity contribution is 7.90. The van der Waals surface area contributed by atoms with Crippen molar-refractivity contribution in [2.24, 2.45) is 0 Å². The van der Waals surface area contributed by atoms with E-state index in [-0.39, 0.29) is 17.3 Å².